The molecule has 0 saturated carbocycles. The van der Waals surface area contributed by atoms with Gasteiger partial charge in [0.25, 0.3) is 0 Å². The SMILES string of the molecule is CC1(CN)CCN(c2ccc(C#N)cc2F)C1. The second-order valence-electron chi connectivity index (χ2n) is 4.96. The minimum Gasteiger partial charge on any atom is -0.369 e. The van der Waals surface area contributed by atoms with Crippen LogP contribution in [0.25, 0.3) is 0 Å². The Kier molecular flexibility index (Phi) is 3.03. The number of nitrogens with zero attached hydrogens (tertiary/aromatic N) is 2. The van der Waals surface area contributed by atoms with E-state index in [0.717, 1.165) is 19.5 Å². The van der Waals surface area contributed by atoms with Crippen LogP contribution in [0.5, 0.6) is 0 Å². The Labute approximate surface area is 101 Å². The fourth-order valence-corrected chi connectivity index (χ4v) is 2.23. The number of rotatable bonds is 2. The molecule has 1 atom stereocenters. The molecule has 1 saturated heterocycles. The number of anilines is 1. The summed E-state index contributed by atoms with van der Waals surface area (Å²) in [4.78, 5) is 2.00. The number of hydrogen-bond donors (Lipinski definition) is 1. The molecular formula is C13H16FN3. The molecule has 0 aliphatic carbocycles. The van der Waals surface area contributed by atoms with Gasteiger partial charge in [0.2, 0.25) is 0 Å². The van der Waals surface area contributed by atoms with E-state index in [1.807, 2.05) is 11.0 Å². The monoisotopic (exact) mass is 233 g/mol. The smallest absolute Gasteiger partial charge is 0.147 e. The largest absolute Gasteiger partial charge is 0.369 e. The van der Waals surface area contributed by atoms with Gasteiger partial charge < -0.3 is 10.6 Å². The lowest BCUT2D eigenvalue weighted by Crippen LogP contribution is -2.31. The molecule has 2 N–H and O–H groups in total. The van der Waals surface area contributed by atoms with E-state index in [1.54, 1.807) is 12.1 Å². The standard InChI is InChI=1S/C13H16FN3/c1-13(8-16)4-5-17(9-13)12-3-2-10(7-15)6-11(12)14/h2-3,6H,4-5,8-9,16H2,1H3. The van der Waals surface area contributed by atoms with Gasteiger partial charge in [-0.3, -0.25) is 0 Å². The van der Waals surface area contributed by atoms with Gasteiger partial charge in [-0.25, -0.2) is 4.39 Å². The minimum atomic E-state index is -0.328. The summed E-state index contributed by atoms with van der Waals surface area (Å²) in [6.45, 7) is 4.32. The highest BCUT2D eigenvalue weighted by Crippen LogP contribution is 2.33. The van der Waals surface area contributed by atoms with E-state index in [0.29, 0.717) is 17.8 Å². The van der Waals surface area contributed by atoms with E-state index < -0.39 is 0 Å². The van der Waals surface area contributed by atoms with Crippen LogP contribution in [-0.2, 0) is 0 Å². The van der Waals surface area contributed by atoms with Gasteiger partial charge >= 0.3 is 0 Å². The summed E-state index contributed by atoms with van der Waals surface area (Å²) >= 11 is 0. The Bertz CT molecular complexity index is 466. The zero-order valence-electron chi connectivity index (χ0n) is 9.91. The first kappa shape index (κ1) is 11.9. The Morgan fingerprint density at radius 1 is 1.59 bits per heavy atom. The van der Waals surface area contributed by atoms with Crippen molar-refractivity contribution in [3.8, 4) is 6.07 Å². The molecule has 1 fully saturated rings. The Morgan fingerprint density at radius 2 is 2.35 bits per heavy atom. The Balaban J connectivity index is 2.23. The molecule has 0 amide bonds. The predicted octanol–water partition coefficient (Wildman–Crippen LogP) is 1.87. The zero-order chi connectivity index (χ0) is 12.5. The van der Waals surface area contributed by atoms with Crippen molar-refractivity contribution < 1.29 is 4.39 Å². The van der Waals surface area contributed by atoms with Gasteiger partial charge in [-0.15, -0.1) is 0 Å². The summed E-state index contributed by atoms with van der Waals surface area (Å²) in [6, 6.07) is 6.55. The third kappa shape index (κ3) is 2.25. The zero-order valence-corrected chi connectivity index (χ0v) is 9.91. The summed E-state index contributed by atoms with van der Waals surface area (Å²) in [5.74, 6) is -0.328. The van der Waals surface area contributed by atoms with Gasteiger partial charge in [-0.1, -0.05) is 6.92 Å². The molecule has 0 spiro atoms. The summed E-state index contributed by atoms with van der Waals surface area (Å²) in [5, 5.41) is 8.69. The van der Waals surface area contributed by atoms with Crippen molar-refractivity contribution in [3.63, 3.8) is 0 Å². The second kappa shape index (κ2) is 4.34. The molecule has 2 rings (SSSR count). The third-order valence-corrected chi connectivity index (χ3v) is 3.47. The lowest BCUT2D eigenvalue weighted by Gasteiger charge is -2.24. The highest BCUT2D eigenvalue weighted by Gasteiger charge is 2.33. The van der Waals surface area contributed by atoms with E-state index in [9.17, 15) is 4.39 Å². The first-order chi connectivity index (χ1) is 8.08. The molecule has 17 heavy (non-hydrogen) atoms. The quantitative estimate of drug-likeness (QED) is 0.848. The maximum atomic E-state index is 13.8. The third-order valence-electron chi connectivity index (χ3n) is 3.47. The van der Waals surface area contributed by atoms with E-state index in [-0.39, 0.29) is 11.2 Å². The molecule has 1 aromatic rings. The van der Waals surface area contributed by atoms with Crippen LogP contribution in [-0.4, -0.2) is 19.6 Å². The highest BCUT2D eigenvalue weighted by atomic mass is 19.1. The Morgan fingerprint density at radius 3 is 2.88 bits per heavy atom. The van der Waals surface area contributed by atoms with Crippen LogP contribution in [0.15, 0.2) is 18.2 Å². The van der Waals surface area contributed by atoms with Crippen LogP contribution in [0.2, 0.25) is 0 Å². The van der Waals surface area contributed by atoms with Crippen molar-refractivity contribution in [2.24, 2.45) is 11.1 Å². The normalized spacial score (nSPS) is 23.8. The average Bonchev–Trinajstić information content (AvgIpc) is 2.72. The fraction of sp³-hybridized carbons (Fsp3) is 0.462. The number of hydrogen-bond acceptors (Lipinski definition) is 3. The summed E-state index contributed by atoms with van der Waals surface area (Å²) in [7, 11) is 0. The maximum Gasteiger partial charge on any atom is 0.147 e. The first-order valence-electron chi connectivity index (χ1n) is 5.73. The minimum absolute atomic E-state index is 0.0698. The van der Waals surface area contributed by atoms with Crippen LogP contribution < -0.4 is 10.6 Å². The molecule has 1 aromatic carbocycles. The van der Waals surface area contributed by atoms with Crippen molar-refractivity contribution in [2.75, 3.05) is 24.5 Å². The van der Waals surface area contributed by atoms with Crippen molar-refractivity contribution in [2.45, 2.75) is 13.3 Å². The molecule has 1 aliphatic heterocycles. The van der Waals surface area contributed by atoms with Crippen molar-refractivity contribution in [1.29, 1.82) is 5.26 Å². The van der Waals surface area contributed by atoms with Crippen LogP contribution in [0.1, 0.15) is 18.9 Å². The lowest BCUT2D eigenvalue weighted by atomic mass is 9.90. The molecule has 1 unspecified atom stereocenters. The molecule has 0 bridgehead atoms. The lowest BCUT2D eigenvalue weighted by molar-refractivity contribution is 0.383. The molecular weight excluding hydrogens is 217 g/mol. The van der Waals surface area contributed by atoms with Gasteiger partial charge in [-0.05, 0) is 36.6 Å². The molecule has 0 radical (unpaired) electrons. The number of benzene rings is 1. The summed E-state index contributed by atoms with van der Waals surface area (Å²) in [5.41, 5.74) is 6.72. The number of nitriles is 1. The first-order valence-corrected chi connectivity index (χ1v) is 5.73. The molecule has 90 valence electrons. The maximum absolute atomic E-state index is 13.8. The van der Waals surface area contributed by atoms with Gasteiger partial charge in [0, 0.05) is 13.1 Å². The van der Waals surface area contributed by atoms with Crippen LogP contribution in [0.3, 0.4) is 0 Å². The van der Waals surface area contributed by atoms with Crippen LogP contribution in [0, 0.1) is 22.6 Å². The number of halogens is 1. The Hall–Kier alpha value is -1.60. The van der Waals surface area contributed by atoms with Crippen LogP contribution >= 0.6 is 0 Å². The van der Waals surface area contributed by atoms with Gasteiger partial charge in [0.15, 0.2) is 0 Å². The average molecular weight is 233 g/mol. The highest BCUT2D eigenvalue weighted by molar-refractivity contribution is 5.52. The number of nitrogens with two attached hydrogens (primary N) is 1. The van der Waals surface area contributed by atoms with Gasteiger partial charge in [0.1, 0.15) is 5.82 Å². The summed E-state index contributed by atoms with van der Waals surface area (Å²) in [6.07, 6.45) is 0.975. The molecule has 1 aliphatic rings. The van der Waals surface area contributed by atoms with Gasteiger partial charge in [0.05, 0.1) is 17.3 Å². The molecule has 0 aromatic heterocycles. The second-order valence-corrected chi connectivity index (χ2v) is 4.96. The van der Waals surface area contributed by atoms with Crippen molar-refractivity contribution in [3.05, 3.63) is 29.6 Å². The van der Waals surface area contributed by atoms with Crippen LogP contribution in [0.4, 0.5) is 10.1 Å². The van der Waals surface area contributed by atoms with E-state index in [1.165, 1.54) is 6.07 Å². The molecule has 1 heterocycles. The molecule has 4 heteroatoms. The van der Waals surface area contributed by atoms with E-state index >= 15 is 0 Å². The van der Waals surface area contributed by atoms with E-state index in [2.05, 4.69) is 6.92 Å². The topological polar surface area (TPSA) is 53.0 Å². The van der Waals surface area contributed by atoms with Crippen molar-refractivity contribution in [1.82, 2.24) is 0 Å². The van der Waals surface area contributed by atoms with E-state index in [4.69, 9.17) is 11.0 Å². The predicted molar refractivity (Wildman–Crippen MR) is 65.1 cm³/mol. The summed E-state index contributed by atoms with van der Waals surface area (Å²) < 4.78 is 13.8. The van der Waals surface area contributed by atoms with Crippen molar-refractivity contribution >= 4 is 5.69 Å². The fourth-order valence-electron chi connectivity index (χ4n) is 2.23. The van der Waals surface area contributed by atoms with Gasteiger partial charge in [-0.2, -0.15) is 5.26 Å². The molecule has 3 nitrogen and oxygen atoms in total.